The average molecular weight is 1120 g/mol. The highest BCUT2D eigenvalue weighted by Gasteiger charge is 2.26. The van der Waals surface area contributed by atoms with Crippen LogP contribution in [0.1, 0.15) is 40.5 Å². The summed E-state index contributed by atoms with van der Waals surface area (Å²) >= 11 is 4.05. The van der Waals surface area contributed by atoms with Gasteiger partial charge in [-0.1, -0.05) is 13.8 Å². The normalized spacial score (nSPS) is 10.8. The molecule has 0 saturated carbocycles. The zero-order valence-corrected chi connectivity index (χ0v) is 43.6. The van der Waals surface area contributed by atoms with Gasteiger partial charge in [-0.2, -0.15) is 4.37 Å². The number of hydrogen-bond acceptors (Lipinski definition) is 24. The van der Waals surface area contributed by atoms with Crippen molar-refractivity contribution in [1.29, 1.82) is 0 Å². The van der Waals surface area contributed by atoms with E-state index in [1.165, 1.54) is 94.6 Å². The summed E-state index contributed by atoms with van der Waals surface area (Å²) in [5.41, 5.74) is 0.0659. The van der Waals surface area contributed by atoms with Crippen molar-refractivity contribution in [2.45, 2.75) is 40.5 Å². The number of nitrogens with zero attached hydrogens (tertiary/aromatic N) is 10. The minimum Gasteiger partial charge on any atom is -0.494 e. The number of amides is 2. The molecule has 4 aromatic carbocycles. The molecular formula is C45H47BrN12O16S. The van der Waals surface area contributed by atoms with E-state index in [1.807, 2.05) is 0 Å². The van der Waals surface area contributed by atoms with Crippen LogP contribution in [0.3, 0.4) is 0 Å². The van der Waals surface area contributed by atoms with Crippen molar-refractivity contribution in [2.24, 2.45) is 20.5 Å². The second-order valence-electron chi connectivity index (χ2n) is 15.2. The van der Waals surface area contributed by atoms with Crippen LogP contribution >= 0.6 is 27.5 Å². The molecule has 0 fully saturated rings. The van der Waals surface area contributed by atoms with Crippen molar-refractivity contribution in [3.05, 3.63) is 89.4 Å². The smallest absolute Gasteiger partial charge is 0.325 e. The molecule has 0 aliphatic rings. The number of rotatable bonds is 23. The number of anilines is 4. The quantitative estimate of drug-likeness (QED) is 0.0266. The van der Waals surface area contributed by atoms with Crippen molar-refractivity contribution in [3.8, 4) is 11.5 Å². The van der Waals surface area contributed by atoms with Crippen LogP contribution in [0.2, 0.25) is 0 Å². The summed E-state index contributed by atoms with van der Waals surface area (Å²) in [6, 6.07) is 11.8. The highest BCUT2D eigenvalue weighted by atomic mass is 79.9. The van der Waals surface area contributed by atoms with Gasteiger partial charge in [0.15, 0.2) is 22.3 Å². The number of nitrogens with one attached hydrogen (secondary N) is 2. The average Bonchev–Trinajstić information content (AvgIpc) is 3.78. The van der Waals surface area contributed by atoms with E-state index in [0.29, 0.717) is 21.6 Å². The number of benzene rings is 4. The Morgan fingerprint density at radius 3 is 1.55 bits per heavy atom. The molecule has 0 aliphatic carbocycles. The number of azo groups is 2. The molecule has 0 radical (unpaired) electrons. The summed E-state index contributed by atoms with van der Waals surface area (Å²) in [4.78, 5) is 107. The lowest BCUT2D eigenvalue weighted by Crippen LogP contribution is -2.36. The van der Waals surface area contributed by atoms with Gasteiger partial charge in [0.25, 0.3) is 11.4 Å². The Morgan fingerprint density at radius 1 is 0.640 bits per heavy atom. The van der Waals surface area contributed by atoms with Gasteiger partial charge in [0, 0.05) is 62.4 Å². The SMILES string of the molecule is CCC(=O)CN(CC(=O)CC)c1cc(NC(C)=O)c(N=Nc2c(Br)cc([N+](=O)[O-])cc2[N+](=O)[O-])cc1OC.COC(=O)CN(CC(=O)OC)c1cc(NC(C)=O)c(N=Nc2snc3ccc([N+](=O)[O-])cc23)cc1OC. The summed E-state index contributed by atoms with van der Waals surface area (Å²) in [5.74, 6) is -1.99. The van der Waals surface area contributed by atoms with Crippen LogP contribution in [0, 0.1) is 30.3 Å². The van der Waals surface area contributed by atoms with E-state index in [9.17, 15) is 59.1 Å². The highest BCUT2D eigenvalue weighted by Crippen LogP contribution is 2.44. The summed E-state index contributed by atoms with van der Waals surface area (Å²) < 4.78 is 24.5. The number of fused-ring (bicyclic) bond motifs is 1. The molecule has 396 valence electrons. The van der Waals surface area contributed by atoms with E-state index in [0.717, 1.165) is 23.7 Å². The van der Waals surface area contributed by atoms with Crippen LogP contribution in [0.5, 0.6) is 11.5 Å². The van der Waals surface area contributed by atoms with Gasteiger partial charge in [-0.25, -0.2) is 0 Å². The van der Waals surface area contributed by atoms with E-state index in [1.54, 1.807) is 13.8 Å². The Labute approximate surface area is 437 Å². The Morgan fingerprint density at radius 2 is 1.12 bits per heavy atom. The van der Waals surface area contributed by atoms with E-state index in [-0.39, 0.29) is 106 Å². The van der Waals surface area contributed by atoms with E-state index < -0.39 is 49.9 Å². The predicted molar refractivity (Wildman–Crippen MR) is 276 cm³/mol. The van der Waals surface area contributed by atoms with Crippen LogP contribution < -0.4 is 29.9 Å². The lowest BCUT2D eigenvalue weighted by Gasteiger charge is -2.26. The molecule has 5 rings (SSSR count). The molecule has 30 heteroatoms. The molecular weight excluding hydrogens is 1080 g/mol. The molecule has 0 saturated heterocycles. The largest absolute Gasteiger partial charge is 0.494 e. The fourth-order valence-corrected chi connectivity index (χ4v) is 7.64. The van der Waals surface area contributed by atoms with Crippen LogP contribution in [0.4, 0.5) is 61.9 Å². The first-order chi connectivity index (χ1) is 35.6. The number of Topliss-reactive ketones (excluding diaryl/α,β-unsaturated/α-hetero) is 2. The third kappa shape index (κ3) is 16.0. The number of methoxy groups -OCH3 is 4. The minimum absolute atomic E-state index is 0.0314. The number of non-ortho nitro benzene ring substituents is 2. The Hall–Kier alpha value is -8.93. The second kappa shape index (κ2) is 27.2. The minimum atomic E-state index is -0.835. The molecule has 0 atom stereocenters. The van der Waals surface area contributed by atoms with E-state index >= 15 is 0 Å². The summed E-state index contributed by atoms with van der Waals surface area (Å²) in [7, 11) is 5.15. The van der Waals surface area contributed by atoms with E-state index in [4.69, 9.17) is 18.9 Å². The van der Waals surface area contributed by atoms with Crippen LogP contribution in [0.15, 0.2) is 79.5 Å². The van der Waals surface area contributed by atoms with Crippen molar-refractivity contribution in [1.82, 2.24) is 4.37 Å². The first kappa shape index (κ1) is 58.6. The number of hydrogen-bond donors (Lipinski definition) is 2. The summed E-state index contributed by atoms with van der Waals surface area (Å²) in [5, 5.41) is 56.2. The van der Waals surface area contributed by atoms with Gasteiger partial charge in [0.2, 0.25) is 11.8 Å². The Bertz CT molecular complexity index is 3080. The van der Waals surface area contributed by atoms with Gasteiger partial charge in [-0.3, -0.25) is 59.1 Å². The maximum Gasteiger partial charge on any atom is 0.325 e. The van der Waals surface area contributed by atoms with Crippen molar-refractivity contribution < 1.29 is 62.5 Å². The number of nitro groups is 3. The Kier molecular flexibility index (Phi) is 21.3. The number of ketones is 2. The number of ether oxygens (including phenoxy) is 4. The molecule has 0 aliphatic heterocycles. The van der Waals surface area contributed by atoms with Crippen LogP contribution in [-0.4, -0.2) is 109 Å². The third-order valence-corrected chi connectivity index (χ3v) is 11.5. The fraction of sp³-hybridized carbons (Fsp3) is 0.311. The maximum atomic E-state index is 12.2. The predicted octanol–water partition coefficient (Wildman–Crippen LogP) is 9.15. The molecule has 75 heavy (non-hydrogen) atoms. The van der Waals surface area contributed by atoms with Gasteiger partial charge >= 0.3 is 17.6 Å². The summed E-state index contributed by atoms with van der Waals surface area (Å²) in [6.45, 7) is 5.15. The topological polar surface area (TPSA) is 362 Å². The van der Waals surface area contributed by atoms with Crippen LogP contribution in [-0.2, 0) is 38.2 Å². The fourth-order valence-electron chi connectivity index (χ4n) is 6.44. The molecule has 1 aromatic heterocycles. The molecule has 5 aromatic rings. The first-order valence-corrected chi connectivity index (χ1v) is 23.3. The lowest BCUT2D eigenvalue weighted by atomic mass is 10.1. The highest BCUT2D eigenvalue weighted by molar-refractivity contribution is 9.10. The van der Waals surface area contributed by atoms with Gasteiger partial charge < -0.3 is 39.4 Å². The van der Waals surface area contributed by atoms with Crippen molar-refractivity contribution >= 4 is 136 Å². The monoisotopic (exact) mass is 1120 g/mol. The molecule has 1 heterocycles. The number of aromatic nitrogens is 1. The van der Waals surface area contributed by atoms with Crippen molar-refractivity contribution in [2.75, 3.05) is 75.1 Å². The van der Waals surface area contributed by atoms with Gasteiger partial charge in [-0.15, -0.1) is 20.5 Å². The summed E-state index contributed by atoms with van der Waals surface area (Å²) in [6.07, 6.45) is 0.486. The Balaban J connectivity index is 0.000000325. The number of esters is 2. The number of halogens is 1. The van der Waals surface area contributed by atoms with Crippen LogP contribution in [0.25, 0.3) is 10.9 Å². The van der Waals surface area contributed by atoms with Gasteiger partial charge in [0.1, 0.15) is 36.0 Å². The maximum absolute atomic E-state index is 12.2. The standard InChI is InChI=1S/C23H25BrN6O8.C22H22N6O8S/c1-5-15(32)11-28(12-16(33)6-2)20-9-18(25-13(3)31)19(10-22(20)38-4)26-27-23-17(24)7-14(29(34)35)8-21(23)30(36)37;1-12(29)23-16-8-18(27(10-20(30)35-3)11-21(31)36-4)19(34-2)9-17(16)24-25-22-14-7-13(28(32)33)5-6-15(14)26-37-22/h7-10H,5-6,11-12H2,1-4H3,(H,25,31);5-9H,10-11H2,1-4H3,(H,23,29). The third-order valence-electron chi connectivity index (χ3n) is 10.1. The van der Waals surface area contributed by atoms with Crippen molar-refractivity contribution in [3.63, 3.8) is 0 Å². The van der Waals surface area contributed by atoms with Gasteiger partial charge in [0.05, 0.1) is 95.1 Å². The molecule has 0 bridgehead atoms. The zero-order valence-electron chi connectivity index (χ0n) is 41.2. The molecule has 28 nitrogen and oxygen atoms in total. The number of nitro benzene ring substituents is 3. The number of carbonyl (C=O) groups excluding carboxylic acids is 6. The number of carbonyl (C=O) groups is 6. The lowest BCUT2D eigenvalue weighted by molar-refractivity contribution is -0.393. The molecule has 2 N–H and O–H groups in total. The molecule has 2 amide bonds. The second-order valence-corrected chi connectivity index (χ2v) is 16.9. The first-order valence-electron chi connectivity index (χ1n) is 21.7. The van der Waals surface area contributed by atoms with Gasteiger partial charge in [-0.05, 0) is 45.7 Å². The van der Waals surface area contributed by atoms with E-state index in [2.05, 4.69) is 51.4 Å². The molecule has 0 unspecified atom stereocenters. The molecule has 0 spiro atoms. The zero-order chi connectivity index (χ0) is 55.7.